The Morgan fingerprint density at radius 3 is 2.75 bits per heavy atom. The van der Waals surface area contributed by atoms with E-state index in [4.69, 9.17) is 0 Å². The molecule has 4 aromatic rings. The number of rotatable bonds is 6. The first kappa shape index (κ1) is 17.7. The number of pyridine rings is 2. The second kappa shape index (κ2) is 7.92. The molecule has 1 aromatic carbocycles. The number of anilines is 1. The average molecular weight is 371 g/mol. The molecular formula is C22H21N5O. The molecule has 0 fully saturated rings. The Balaban J connectivity index is 1.75. The number of carbonyl (C=O) groups excluding carboxylic acids is 1. The van der Waals surface area contributed by atoms with Crippen LogP contribution in [0.3, 0.4) is 0 Å². The number of nitrogens with zero attached hydrogens (tertiary/aromatic N) is 2. The SMILES string of the molecule is CCNC(=O)c1ccccc1-c1cc(NCc2ccccn2)nc2[nH]ccc12. The number of hydrogen-bond acceptors (Lipinski definition) is 4. The third kappa shape index (κ3) is 3.57. The number of fused-ring (bicyclic) bond motifs is 1. The van der Waals surface area contributed by atoms with Crippen molar-refractivity contribution < 1.29 is 4.79 Å². The van der Waals surface area contributed by atoms with Crippen LogP contribution in [-0.4, -0.2) is 27.4 Å². The fourth-order valence-electron chi connectivity index (χ4n) is 3.21. The van der Waals surface area contributed by atoms with Gasteiger partial charge in [0.15, 0.2) is 0 Å². The average Bonchev–Trinajstić information content (AvgIpc) is 3.21. The molecular weight excluding hydrogens is 350 g/mol. The topological polar surface area (TPSA) is 82.7 Å². The van der Waals surface area contributed by atoms with Crippen LogP contribution in [0.25, 0.3) is 22.2 Å². The molecule has 6 heteroatoms. The Hall–Kier alpha value is -3.67. The summed E-state index contributed by atoms with van der Waals surface area (Å²) < 4.78 is 0. The molecule has 1 amide bonds. The number of hydrogen-bond donors (Lipinski definition) is 3. The van der Waals surface area contributed by atoms with Gasteiger partial charge in [0.1, 0.15) is 11.5 Å². The third-order valence-electron chi connectivity index (χ3n) is 4.50. The van der Waals surface area contributed by atoms with Crippen molar-refractivity contribution in [1.82, 2.24) is 20.3 Å². The zero-order valence-corrected chi connectivity index (χ0v) is 15.6. The summed E-state index contributed by atoms with van der Waals surface area (Å²) in [7, 11) is 0. The van der Waals surface area contributed by atoms with Crippen LogP contribution >= 0.6 is 0 Å². The highest BCUT2D eigenvalue weighted by molar-refractivity contribution is 6.05. The van der Waals surface area contributed by atoms with E-state index in [-0.39, 0.29) is 5.91 Å². The van der Waals surface area contributed by atoms with Gasteiger partial charge in [0.05, 0.1) is 12.2 Å². The predicted molar refractivity (Wildman–Crippen MR) is 111 cm³/mol. The summed E-state index contributed by atoms with van der Waals surface area (Å²) in [6.45, 7) is 3.06. The van der Waals surface area contributed by atoms with Gasteiger partial charge in [-0.15, -0.1) is 0 Å². The van der Waals surface area contributed by atoms with Gasteiger partial charge < -0.3 is 15.6 Å². The van der Waals surface area contributed by atoms with Gasteiger partial charge in [-0.05, 0) is 48.4 Å². The first-order chi connectivity index (χ1) is 13.8. The van der Waals surface area contributed by atoms with Crippen molar-refractivity contribution in [3.8, 4) is 11.1 Å². The maximum absolute atomic E-state index is 12.6. The van der Waals surface area contributed by atoms with Crippen LogP contribution in [0.15, 0.2) is 67.0 Å². The van der Waals surface area contributed by atoms with E-state index in [9.17, 15) is 4.79 Å². The molecule has 3 heterocycles. The highest BCUT2D eigenvalue weighted by Gasteiger charge is 2.16. The van der Waals surface area contributed by atoms with Crippen molar-refractivity contribution >= 4 is 22.8 Å². The second-order valence-corrected chi connectivity index (χ2v) is 6.37. The molecule has 0 unspecified atom stereocenters. The van der Waals surface area contributed by atoms with Crippen molar-refractivity contribution in [3.63, 3.8) is 0 Å². The Labute approximate surface area is 163 Å². The van der Waals surface area contributed by atoms with Crippen LogP contribution < -0.4 is 10.6 Å². The molecule has 140 valence electrons. The summed E-state index contributed by atoms with van der Waals surface area (Å²) in [6.07, 6.45) is 3.63. The fraction of sp³-hybridized carbons (Fsp3) is 0.136. The van der Waals surface area contributed by atoms with E-state index in [1.54, 1.807) is 6.20 Å². The van der Waals surface area contributed by atoms with Gasteiger partial charge in [-0.1, -0.05) is 24.3 Å². The van der Waals surface area contributed by atoms with Crippen LogP contribution in [0.4, 0.5) is 5.82 Å². The zero-order valence-electron chi connectivity index (χ0n) is 15.6. The molecule has 0 saturated carbocycles. The molecule has 0 aliphatic heterocycles. The minimum Gasteiger partial charge on any atom is -0.364 e. The molecule has 3 aromatic heterocycles. The largest absolute Gasteiger partial charge is 0.364 e. The molecule has 0 bridgehead atoms. The highest BCUT2D eigenvalue weighted by atomic mass is 16.1. The molecule has 0 spiro atoms. The Kier molecular flexibility index (Phi) is 5.01. The number of nitrogens with one attached hydrogen (secondary N) is 3. The van der Waals surface area contributed by atoms with Gasteiger partial charge in [-0.2, -0.15) is 0 Å². The van der Waals surface area contributed by atoms with E-state index in [0.29, 0.717) is 18.7 Å². The van der Waals surface area contributed by atoms with Crippen LogP contribution in [0, 0.1) is 0 Å². The molecule has 3 N–H and O–H groups in total. The number of benzene rings is 1. The van der Waals surface area contributed by atoms with E-state index in [0.717, 1.165) is 33.7 Å². The molecule has 28 heavy (non-hydrogen) atoms. The van der Waals surface area contributed by atoms with Crippen molar-refractivity contribution in [3.05, 3.63) is 78.2 Å². The summed E-state index contributed by atoms with van der Waals surface area (Å²) in [5.74, 6) is 0.642. The van der Waals surface area contributed by atoms with Crippen LogP contribution in [0.1, 0.15) is 23.0 Å². The standard InChI is InChI=1S/C22H21N5O/c1-2-23-22(28)18-9-4-3-8-16(18)19-13-20(27-21-17(19)10-12-25-21)26-14-15-7-5-6-11-24-15/h3-13H,2,14H2,1H3,(H,23,28)(H2,25,26,27). The second-order valence-electron chi connectivity index (χ2n) is 6.37. The van der Waals surface area contributed by atoms with Crippen LogP contribution in [0.2, 0.25) is 0 Å². The molecule has 0 radical (unpaired) electrons. The summed E-state index contributed by atoms with van der Waals surface area (Å²) >= 11 is 0. The van der Waals surface area contributed by atoms with E-state index in [1.165, 1.54) is 0 Å². The van der Waals surface area contributed by atoms with Gasteiger partial charge in [0.2, 0.25) is 0 Å². The lowest BCUT2D eigenvalue weighted by Crippen LogP contribution is -2.23. The zero-order chi connectivity index (χ0) is 19.3. The highest BCUT2D eigenvalue weighted by Crippen LogP contribution is 2.32. The molecule has 0 atom stereocenters. The van der Waals surface area contributed by atoms with Gasteiger partial charge >= 0.3 is 0 Å². The first-order valence-corrected chi connectivity index (χ1v) is 9.25. The smallest absolute Gasteiger partial charge is 0.251 e. The van der Waals surface area contributed by atoms with E-state index < -0.39 is 0 Å². The Morgan fingerprint density at radius 1 is 1.07 bits per heavy atom. The van der Waals surface area contributed by atoms with E-state index >= 15 is 0 Å². The van der Waals surface area contributed by atoms with Gasteiger partial charge in [0.25, 0.3) is 5.91 Å². The molecule has 0 aliphatic rings. The maximum atomic E-state index is 12.6. The maximum Gasteiger partial charge on any atom is 0.251 e. The number of aromatic amines is 1. The normalized spacial score (nSPS) is 10.8. The van der Waals surface area contributed by atoms with Crippen molar-refractivity contribution in [2.75, 3.05) is 11.9 Å². The van der Waals surface area contributed by atoms with Crippen molar-refractivity contribution in [2.45, 2.75) is 13.5 Å². The van der Waals surface area contributed by atoms with Crippen LogP contribution in [-0.2, 0) is 6.54 Å². The molecule has 6 nitrogen and oxygen atoms in total. The molecule has 0 saturated heterocycles. The van der Waals surface area contributed by atoms with Gasteiger partial charge in [-0.25, -0.2) is 4.98 Å². The lowest BCUT2D eigenvalue weighted by molar-refractivity contribution is 0.0956. The molecule has 4 rings (SSSR count). The van der Waals surface area contributed by atoms with Crippen molar-refractivity contribution in [1.29, 1.82) is 0 Å². The first-order valence-electron chi connectivity index (χ1n) is 9.25. The summed E-state index contributed by atoms with van der Waals surface area (Å²) in [6, 6.07) is 17.4. The Morgan fingerprint density at radius 2 is 1.93 bits per heavy atom. The summed E-state index contributed by atoms with van der Waals surface area (Å²) in [5, 5.41) is 7.19. The lowest BCUT2D eigenvalue weighted by atomic mass is 9.97. The lowest BCUT2D eigenvalue weighted by Gasteiger charge is -2.13. The monoisotopic (exact) mass is 371 g/mol. The molecule has 0 aliphatic carbocycles. The Bertz CT molecular complexity index is 1100. The quantitative estimate of drug-likeness (QED) is 0.479. The number of H-pyrrole nitrogens is 1. The number of aromatic nitrogens is 3. The predicted octanol–water partition coefficient (Wildman–Crippen LogP) is 3.99. The third-order valence-corrected chi connectivity index (χ3v) is 4.50. The minimum atomic E-state index is -0.0819. The number of carbonyl (C=O) groups is 1. The number of amides is 1. The van der Waals surface area contributed by atoms with E-state index in [1.807, 2.05) is 67.7 Å². The van der Waals surface area contributed by atoms with Gasteiger partial charge in [-0.3, -0.25) is 9.78 Å². The van der Waals surface area contributed by atoms with Crippen molar-refractivity contribution in [2.24, 2.45) is 0 Å². The summed E-state index contributed by atoms with van der Waals surface area (Å²) in [4.78, 5) is 24.7. The fourth-order valence-corrected chi connectivity index (χ4v) is 3.21. The van der Waals surface area contributed by atoms with Gasteiger partial charge in [0, 0.05) is 29.9 Å². The van der Waals surface area contributed by atoms with E-state index in [2.05, 4.69) is 25.6 Å². The summed E-state index contributed by atoms with van der Waals surface area (Å²) in [5.41, 5.74) is 4.18. The minimum absolute atomic E-state index is 0.0819. The van der Waals surface area contributed by atoms with Crippen LogP contribution in [0.5, 0.6) is 0 Å².